The number of allylic oxidation sites excluding steroid dienone is 2. The van der Waals surface area contributed by atoms with Crippen molar-refractivity contribution in [3.8, 4) is 0 Å². The maximum Gasteiger partial charge on any atom is 0.312 e. The van der Waals surface area contributed by atoms with E-state index in [4.69, 9.17) is 0 Å². The van der Waals surface area contributed by atoms with Crippen LogP contribution in [-0.4, -0.2) is 59.7 Å². The molecule has 1 saturated heterocycles. The van der Waals surface area contributed by atoms with Crippen molar-refractivity contribution in [2.24, 2.45) is 5.92 Å². The molecule has 0 spiro atoms. The van der Waals surface area contributed by atoms with Crippen LogP contribution in [-0.2, 0) is 14.4 Å². The van der Waals surface area contributed by atoms with Gasteiger partial charge >= 0.3 is 11.8 Å². The molecule has 0 aromatic rings. The summed E-state index contributed by atoms with van der Waals surface area (Å²) in [5.41, 5.74) is 0. The van der Waals surface area contributed by atoms with Crippen LogP contribution in [0.25, 0.3) is 0 Å². The summed E-state index contributed by atoms with van der Waals surface area (Å²) in [6.45, 7) is 5.51. The Labute approximate surface area is 131 Å². The highest BCUT2D eigenvalue weighted by Crippen LogP contribution is 2.21. The van der Waals surface area contributed by atoms with Crippen LogP contribution in [0.1, 0.15) is 33.1 Å². The summed E-state index contributed by atoms with van der Waals surface area (Å²) in [5.74, 6) is -0.551. The summed E-state index contributed by atoms with van der Waals surface area (Å²) in [6, 6.07) is -0.0567. The molecule has 6 heteroatoms. The highest BCUT2D eigenvalue weighted by atomic mass is 16.2. The summed E-state index contributed by atoms with van der Waals surface area (Å²) in [5, 5.41) is 2.60. The van der Waals surface area contributed by atoms with Crippen molar-refractivity contribution in [3.63, 3.8) is 0 Å². The average molecular weight is 307 g/mol. The second-order valence-corrected chi connectivity index (χ2v) is 6.27. The van der Waals surface area contributed by atoms with E-state index in [1.165, 1.54) is 4.90 Å². The van der Waals surface area contributed by atoms with Gasteiger partial charge in [0.25, 0.3) is 0 Å². The van der Waals surface area contributed by atoms with Crippen LogP contribution in [0.3, 0.4) is 0 Å². The van der Waals surface area contributed by atoms with E-state index in [9.17, 15) is 14.4 Å². The molecule has 0 saturated carbocycles. The number of nitrogens with zero attached hydrogens (tertiary/aromatic N) is 2. The van der Waals surface area contributed by atoms with Gasteiger partial charge in [-0.25, -0.2) is 0 Å². The lowest BCUT2D eigenvalue weighted by molar-refractivity contribution is -0.148. The number of rotatable bonds is 3. The Hall–Kier alpha value is -1.85. The molecule has 1 aliphatic carbocycles. The maximum atomic E-state index is 12.2. The minimum atomic E-state index is -0.564. The maximum absolute atomic E-state index is 12.2. The first kappa shape index (κ1) is 16.5. The Balaban J connectivity index is 1.77. The number of nitrogens with one attached hydrogen (secondary N) is 1. The molecule has 6 nitrogen and oxygen atoms in total. The quantitative estimate of drug-likeness (QED) is 0.611. The number of hydrogen-bond donors (Lipinski definition) is 1. The first-order valence-electron chi connectivity index (χ1n) is 8.01. The fourth-order valence-electron chi connectivity index (χ4n) is 2.85. The van der Waals surface area contributed by atoms with Crippen LogP contribution in [0.5, 0.6) is 0 Å². The van der Waals surface area contributed by atoms with Crippen LogP contribution >= 0.6 is 0 Å². The predicted octanol–water partition coefficient (Wildman–Crippen LogP) is 0.538. The SMILES string of the molecule is CC(C)NC(=O)C(=O)N1CCN(C(=O)CC2C=CCC2)CC1. The standard InChI is InChI=1S/C16H25N3O3/c1-12(2)17-15(21)16(22)19-9-7-18(8-10-19)14(20)11-13-5-3-4-6-13/h3,5,12-13H,4,6-11H2,1-2H3,(H,17,21). The lowest BCUT2D eigenvalue weighted by atomic mass is 10.0. The molecule has 1 fully saturated rings. The van der Waals surface area contributed by atoms with Gasteiger partial charge in [-0.2, -0.15) is 0 Å². The summed E-state index contributed by atoms with van der Waals surface area (Å²) in [7, 11) is 0. The molecule has 0 radical (unpaired) electrons. The van der Waals surface area contributed by atoms with Gasteiger partial charge in [0.15, 0.2) is 0 Å². The molecule has 1 aliphatic heterocycles. The number of piperazine rings is 1. The minimum absolute atomic E-state index is 0.0567. The van der Waals surface area contributed by atoms with E-state index in [1.54, 1.807) is 4.90 Å². The fraction of sp³-hybridized carbons (Fsp3) is 0.688. The molecule has 122 valence electrons. The second kappa shape index (κ2) is 7.42. The van der Waals surface area contributed by atoms with Gasteiger partial charge in [0.05, 0.1) is 0 Å². The van der Waals surface area contributed by atoms with Crippen molar-refractivity contribution < 1.29 is 14.4 Å². The largest absolute Gasteiger partial charge is 0.346 e. The zero-order chi connectivity index (χ0) is 16.1. The van der Waals surface area contributed by atoms with Crippen molar-refractivity contribution in [2.75, 3.05) is 26.2 Å². The van der Waals surface area contributed by atoms with E-state index < -0.39 is 11.8 Å². The van der Waals surface area contributed by atoms with Crippen molar-refractivity contribution in [2.45, 2.75) is 39.2 Å². The summed E-state index contributed by atoms with van der Waals surface area (Å²) in [4.78, 5) is 39.2. The van der Waals surface area contributed by atoms with Gasteiger partial charge < -0.3 is 15.1 Å². The molecule has 1 N–H and O–H groups in total. The first-order valence-corrected chi connectivity index (χ1v) is 8.01. The summed E-state index contributed by atoms with van der Waals surface area (Å²) in [6.07, 6.45) is 6.92. The average Bonchev–Trinajstić information content (AvgIpc) is 2.98. The molecule has 3 amide bonds. The molecule has 1 atom stereocenters. The highest BCUT2D eigenvalue weighted by molar-refractivity contribution is 6.35. The lowest BCUT2D eigenvalue weighted by Crippen LogP contribution is -2.54. The van der Waals surface area contributed by atoms with Crippen molar-refractivity contribution in [3.05, 3.63) is 12.2 Å². The smallest absolute Gasteiger partial charge is 0.312 e. The Morgan fingerprint density at radius 3 is 2.32 bits per heavy atom. The zero-order valence-electron chi connectivity index (χ0n) is 13.4. The number of hydrogen-bond acceptors (Lipinski definition) is 3. The first-order chi connectivity index (χ1) is 10.5. The number of carbonyl (C=O) groups excluding carboxylic acids is 3. The van der Waals surface area contributed by atoms with Crippen molar-refractivity contribution in [1.82, 2.24) is 15.1 Å². The highest BCUT2D eigenvalue weighted by Gasteiger charge is 2.28. The molecule has 22 heavy (non-hydrogen) atoms. The third kappa shape index (κ3) is 4.32. The van der Waals surface area contributed by atoms with E-state index in [2.05, 4.69) is 17.5 Å². The molecular formula is C16H25N3O3. The molecule has 0 aromatic heterocycles. The molecule has 0 bridgehead atoms. The van der Waals surface area contributed by atoms with Crippen molar-refractivity contribution >= 4 is 17.7 Å². The summed E-state index contributed by atoms with van der Waals surface area (Å²) < 4.78 is 0. The van der Waals surface area contributed by atoms with Crippen LogP contribution in [0.15, 0.2) is 12.2 Å². The van der Waals surface area contributed by atoms with Crippen LogP contribution in [0, 0.1) is 5.92 Å². The molecule has 2 rings (SSSR count). The molecular weight excluding hydrogens is 282 g/mol. The Bertz CT molecular complexity index is 465. The fourth-order valence-corrected chi connectivity index (χ4v) is 2.85. The molecule has 2 aliphatic rings. The zero-order valence-corrected chi connectivity index (χ0v) is 13.4. The van der Waals surface area contributed by atoms with E-state index in [-0.39, 0.29) is 11.9 Å². The van der Waals surface area contributed by atoms with E-state index in [0.717, 1.165) is 12.8 Å². The molecule has 0 aromatic carbocycles. The van der Waals surface area contributed by atoms with Gasteiger partial charge in [-0.15, -0.1) is 0 Å². The van der Waals surface area contributed by atoms with Gasteiger partial charge in [-0.1, -0.05) is 12.2 Å². The molecule has 1 unspecified atom stereocenters. The number of carbonyl (C=O) groups is 3. The second-order valence-electron chi connectivity index (χ2n) is 6.27. The Morgan fingerprint density at radius 2 is 1.77 bits per heavy atom. The minimum Gasteiger partial charge on any atom is -0.346 e. The third-order valence-corrected chi connectivity index (χ3v) is 4.08. The lowest BCUT2D eigenvalue weighted by Gasteiger charge is -2.34. The van der Waals surface area contributed by atoms with E-state index in [1.807, 2.05) is 13.8 Å². The monoisotopic (exact) mass is 307 g/mol. The van der Waals surface area contributed by atoms with Gasteiger partial charge in [0.1, 0.15) is 0 Å². The predicted molar refractivity (Wildman–Crippen MR) is 82.9 cm³/mol. The molecule has 1 heterocycles. The van der Waals surface area contributed by atoms with Gasteiger partial charge in [0, 0.05) is 38.6 Å². The van der Waals surface area contributed by atoms with Gasteiger partial charge in [0.2, 0.25) is 5.91 Å². The van der Waals surface area contributed by atoms with Crippen LogP contribution in [0.4, 0.5) is 0 Å². The van der Waals surface area contributed by atoms with Crippen molar-refractivity contribution in [1.29, 1.82) is 0 Å². The summed E-state index contributed by atoms with van der Waals surface area (Å²) >= 11 is 0. The number of amides is 3. The van der Waals surface area contributed by atoms with E-state index >= 15 is 0 Å². The van der Waals surface area contributed by atoms with Crippen LogP contribution < -0.4 is 5.32 Å². The van der Waals surface area contributed by atoms with Gasteiger partial charge in [-0.05, 0) is 32.6 Å². The Kier molecular flexibility index (Phi) is 5.57. The van der Waals surface area contributed by atoms with E-state index in [0.29, 0.717) is 38.5 Å². The normalized spacial score (nSPS) is 21.3. The van der Waals surface area contributed by atoms with Gasteiger partial charge in [-0.3, -0.25) is 14.4 Å². The Morgan fingerprint density at radius 1 is 1.14 bits per heavy atom. The topological polar surface area (TPSA) is 69.7 Å². The third-order valence-electron chi connectivity index (χ3n) is 4.08. The van der Waals surface area contributed by atoms with Crippen LogP contribution in [0.2, 0.25) is 0 Å².